The van der Waals surface area contributed by atoms with E-state index in [2.05, 4.69) is 28.6 Å². The first-order chi connectivity index (χ1) is 13.3. The molecule has 0 saturated carbocycles. The van der Waals surface area contributed by atoms with Crippen molar-refractivity contribution < 1.29 is 34.2 Å². The van der Waals surface area contributed by atoms with Crippen LogP contribution in [0.5, 0.6) is 0 Å². The highest BCUT2D eigenvalue weighted by Crippen LogP contribution is 2.04. The van der Waals surface area contributed by atoms with Gasteiger partial charge in [-0.05, 0) is 12.8 Å². The van der Waals surface area contributed by atoms with Crippen molar-refractivity contribution >= 4 is 42.2 Å². The monoisotopic (exact) mass is 435 g/mol. The first kappa shape index (κ1) is 26.6. The molecule has 4 amide bonds. The molecular weight excluding hydrogens is 406 g/mol. The lowest BCUT2D eigenvalue weighted by Crippen LogP contribution is -2.59. The van der Waals surface area contributed by atoms with Gasteiger partial charge in [0.15, 0.2) is 0 Å². The molecule has 5 unspecified atom stereocenters. The molecule has 5 atom stereocenters. The average Bonchev–Trinajstić information content (AvgIpc) is 2.61. The first-order valence-electron chi connectivity index (χ1n) is 8.78. The van der Waals surface area contributed by atoms with E-state index in [0.717, 1.165) is 0 Å². The maximum atomic E-state index is 12.5. The largest absolute Gasteiger partial charge is 0.480 e. The number of amides is 4. The second kappa shape index (κ2) is 12.2. The molecule has 29 heavy (non-hydrogen) atoms. The van der Waals surface area contributed by atoms with Gasteiger partial charge in [-0.2, -0.15) is 12.6 Å². The number of thiol groups is 1. The number of aliphatic hydroxyl groups excluding tert-OH is 1. The normalized spacial score (nSPS) is 16.1. The summed E-state index contributed by atoms with van der Waals surface area (Å²) >= 11 is 3.97. The van der Waals surface area contributed by atoms with Crippen LogP contribution in [0.3, 0.4) is 0 Å². The standard InChI is InChI=1S/C16H29N5O7S/c1-6(2)12(16(27)28)21-14(25)9(5-29)20-13(24)8(4-10(17)23)19-15(26)11(18)7(3)22/h6-9,11-12,22,29H,4-5,18H2,1-3H3,(H2,17,23)(H,19,26)(H,20,24)(H,21,25)(H,27,28). The molecule has 0 bridgehead atoms. The highest BCUT2D eigenvalue weighted by atomic mass is 32.1. The molecule has 0 aromatic heterocycles. The van der Waals surface area contributed by atoms with Gasteiger partial charge in [0.05, 0.1) is 12.5 Å². The maximum absolute atomic E-state index is 12.5. The Morgan fingerprint density at radius 1 is 0.931 bits per heavy atom. The SMILES string of the molecule is CC(C)C(NC(=O)C(CS)NC(=O)C(CC(N)=O)NC(=O)C(N)C(C)O)C(=O)O. The number of hydrogen-bond donors (Lipinski definition) is 8. The second-order valence-corrected chi connectivity index (χ2v) is 7.18. The highest BCUT2D eigenvalue weighted by molar-refractivity contribution is 7.80. The molecule has 0 saturated heterocycles. The van der Waals surface area contributed by atoms with Gasteiger partial charge in [0.25, 0.3) is 0 Å². The van der Waals surface area contributed by atoms with Crippen molar-refractivity contribution in [3.05, 3.63) is 0 Å². The molecule has 0 aliphatic heterocycles. The number of carbonyl (C=O) groups is 5. The van der Waals surface area contributed by atoms with E-state index < -0.39 is 72.2 Å². The van der Waals surface area contributed by atoms with Crippen LogP contribution >= 0.6 is 12.6 Å². The number of nitrogens with one attached hydrogen (secondary N) is 3. The van der Waals surface area contributed by atoms with E-state index in [-0.39, 0.29) is 5.75 Å². The summed E-state index contributed by atoms with van der Waals surface area (Å²) in [5.41, 5.74) is 10.6. The third-order valence-electron chi connectivity index (χ3n) is 3.91. The third-order valence-corrected chi connectivity index (χ3v) is 4.27. The number of carboxylic acids is 1. The number of aliphatic hydroxyl groups is 1. The van der Waals surface area contributed by atoms with Crippen molar-refractivity contribution in [2.75, 3.05) is 5.75 Å². The number of carbonyl (C=O) groups excluding carboxylic acids is 4. The maximum Gasteiger partial charge on any atom is 0.326 e. The van der Waals surface area contributed by atoms with Gasteiger partial charge < -0.3 is 37.6 Å². The van der Waals surface area contributed by atoms with Crippen LogP contribution in [0.1, 0.15) is 27.2 Å². The number of nitrogens with two attached hydrogens (primary N) is 2. The summed E-state index contributed by atoms with van der Waals surface area (Å²) < 4.78 is 0. The quantitative estimate of drug-likeness (QED) is 0.145. The average molecular weight is 436 g/mol. The van der Waals surface area contributed by atoms with Crippen LogP contribution in [-0.4, -0.2) is 75.8 Å². The number of carboxylic acid groups (broad SMARTS) is 1. The van der Waals surface area contributed by atoms with Gasteiger partial charge in [0.1, 0.15) is 24.2 Å². The van der Waals surface area contributed by atoms with E-state index in [9.17, 15) is 29.1 Å². The van der Waals surface area contributed by atoms with E-state index in [1.807, 2.05) is 0 Å². The van der Waals surface area contributed by atoms with Gasteiger partial charge in [-0.15, -0.1) is 0 Å². The first-order valence-corrected chi connectivity index (χ1v) is 9.41. The molecule has 0 aromatic carbocycles. The molecule has 0 radical (unpaired) electrons. The summed E-state index contributed by atoms with van der Waals surface area (Å²) in [7, 11) is 0. The van der Waals surface area contributed by atoms with Crippen molar-refractivity contribution in [2.24, 2.45) is 17.4 Å². The third kappa shape index (κ3) is 9.11. The number of aliphatic carboxylic acids is 1. The molecule has 13 heteroatoms. The molecule has 0 fully saturated rings. The van der Waals surface area contributed by atoms with E-state index in [0.29, 0.717) is 0 Å². The van der Waals surface area contributed by atoms with Gasteiger partial charge >= 0.3 is 5.97 Å². The summed E-state index contributed by atoms with van der Waals surface area (Å²) in [6.07, 6.45) is -1.80. The van der Waals surface area contributed by atoms with Crippen molar-refractivity contribution in [2.45, 2.75) is 57.5 Å². The van der Waals surface area contributed by atoms with Gasteiger partial charge in [-0.1, -0.05) is 13.8 Å². The van der Waals surface area contributed by atoms with Crippen LogP contribution in [0.15, 0.2) is 0 Å². The molecule has 0 aliphatic carbocycles. The van der Waals surface area contributed by atoms with Crippen molar-refractivity contribution in [1.29, 1.82) is 0 Å². The smallest absolute Gasteiger partial charge is 0.326 e. The van der Waals surface area contributed by atoms with Gasteiger partial charge in [0.2, 0.25) is 23.6 Å². The fourth-order valence-electron chi connectivity index (χ4n) is 2.13. The van der Waals surface area contributed by atoms with Gasteiger partial charge in [0, 0.05) is 5.75 Å². The Morgan fingerprint density at radius 3 is 1.79 bits per heavy atom. The highest BCUT2D eigenvalue weighted by Gasteiger charge is 2.31. The fourth-order valence-corrected chi connectivity index (χ4v) is 2.39. The Hall–Kier alpha value is -2.38. The van der Waals surface area contributed by atoms with Crippen LogP contribution in [0.25, 0.3) is 0 Å². The van der Waals surface area contributed by atoms with E-state index in [1.54, 1.807) is 13.8 Å². The Labute approximate surface area is 173 Å². The lowest BCUT2D eigenvalue weighted by Gasteiger charge is -2.25. The Bertz CT molecular complexity index is 629. The van der Waals surface area contributed by atoms with Crippen LogP contribution in [0, 0.1) is 5.92 Å². The Morgan fingerprint density at radius 2 is 1.41 bits per heavy atom. The Balaban J connectivity index is 5.27. The zero-order chi connectivity index (χ0) is 22.9. The lowest BCUT2D eigenvalue weighted by molar-refractivity contribution is -0.143. The zero-order valence-electron chi connectivity index (χ0n) is 16.4. The van der Waals surface area contributed by atoms with Crippen molar-refractivity contribution in [1.82, 2.24) is 16.0 Å². The molecule has 0 heterocycles. The molecular formula is C16H29N5O7S. The van der Waals surface area contributed by atoms with Crippen LogP contribution < -0.4 is 27.4 Å². The van der Waals surface area contributed by atoms with E-state index in [4.69, 9.17) is 16.6 Å². The van der Waals surface area contributed by atoms with E-state index in [1.165, 1.54) is 6.92 Å². The summed E-state index contributed by atoms with van der Waals surface area (Å²) in [5, 5.41) is 25.3. The molecule has 9 N–H and O–H groups in total. The molecule has 166 valence electrons. The summed E-state index contributed by atoms with van der Waals surface area (Å²) in [5.74, 6) is -5.40. The minimum Gasteiger partial charge on any atom is -0.480 e. The van der Waals surface area contributed by atoms with Crippen molar-refractivity contribution in [3.8, 4) is 0 Å². The van der Waals surface area contributed by atoms with E-state index >= 15 is 0 Å². The van der Waals surface area contributed by atoms with Crippen LogP contribution in [0.4, 0.5) is 0 Å². The molecule has 12 nitrogen and oxygen atoms in total. The van der Waals surface area contributed by atoms with Gasteiger partial charge in [-0.25, -0.2) is 4.79 Å². The van der Waals surface area contributed by atoms with Gasteiger partial charge in [-0.3, -0.25) is 19.2 Å². The minimum atomic E-state index is -1.46. The van der Waals surface area contributed by atoms with Crippen molar-refractivity contribution in [3.63, 3.8) is 0 Å². The van der Waals surface area contributed by atoms with Crippen LogP contribution in [0.2, 0.25) is 0 Å². The number of hydrogen-bond acceptors (Lipinski definition) is 8. The summed E-state index contributed by atoms with van der Waals surface area (Å²) in [6.45, 7) is 4.45. The Kier molecular flexibility index (Phi) is 11.2. The summed E-state index contributed by atoms with van der Waals surface area (Å²) in [4.78, 5) is 59.2. The van der Waals surface area contributed by atoms with Crippen LogP contribution in [-0.2, 0) is 24.0 Å². The predicted octanol–water partition coefficient (Wildman–Crippen LogP) is -3.31. The number of rotatable bonds is 12. The summed E-state index contributed by atoms with van der Waals surface area (Å²) in [6, 6.07) is -5.25. The predicted molar refractivity (Wildman–Crippen MR) is 106 cm³/mol. The minimum absolute atomic E-state index is 0.188. The fraction of sp³-hybridized carbons (Fsp3) is 0.688. The molecule has 0 aromatic rings. The number of primary amides is 1. The molecule has 0 aliphatic rings. The zero-order valence-corrected chi connectivity index (χ0v) is 17.3. The molecule has 0 rings (SSSR count). The second-order valence-electron chi connectivity index (χ2n) is 6.81. The lowest BCUT2D eigenvalue weighted by atomic mass is 10.0. The molecule has 0 spiro atoms. The topological polar surface area (TPSA) is 214 Å².